The van der Waals surface area contributed by atoms with Crippen LogP contribution in [-0.4, -0.2) is 39.6 Å². The third-order valence-electron chi connectivity index (χ3n) is 5.00. The number of rotatable bonds is 10. The van der Waals surface area contributed by atoms with Crippen LogP contribution in [-0.2, 0) is 11.3 Å². The summed E-state index contributed by atoms with van der Waals surface area (Å²) in [5.41, 5.74) is 5.43. The van der Waals surface area contributed by atoms with Crippen LogP contribution >= 0.6 is 0 Å². The number of nitrogens with one attached hydrogen (secondary N) is 1. The van der Waals surface area contributed by atoms with E-state index in [0.717, 1.165) is 12.8 Å². The minimum absolute atomic E-state index is 0.0526. The molecule has 0 bridgehead atoms. The predicted octanol–water partition coefficient (Wildman–Crippen LogP) is 2.25. The van der Waals surface area contributed by atoms with E-state index in [4.69, 9.17) is 10.5 Å². The lowest BCUT2D eigenvalue weighted by Gasteiger charge is -2.24. The van der Waals surface area contributed by atoms with Crippen LogP contribution in [0.5, 0.6) is 0 Å². The van der Waals surface area contributed by atoms with Crippen molar-refractivity contribution >= 4 is 23.4 Å². The Kier molecular flexibility index (Phi) is 8.74. The quantitative estimate of drug-likeness (QED) is 0.534. The molecule has 0 saturated carbocycles. The molecule has 2 aromatic rings. The van der Waals surface area contributed by atoms with Gasteiger partial charge in [0.25, 0.3) is 11.5 Å². The fourth-order valence-corrected chi connectivity index (χ4v) is 3.25. The van der Waals surface area contributed by atoms with Gasteiger partial charge in [-0.2, -0.15) is 0 Å². The van der Waals surface area contributed by atoms with E-state index in [1.807, 2.05) is 13.8 Å². The van der Waals surface area contributed by atoms with Gasteiger partial charge in [-0.05, 0) is 38.8 Å². The van der Waals surface area contributed by atoms with Crippen LogP contribution < -0.4 is 21.9 Å². The van der Waals surface area contributed by atoms with Crippen LogP contribution in [0, 0.1) is 6.92 Å². The van der Waals surface area contributed by atoms with E-state index < -0.39 is 23.1 Å². The largest absolute Gasteiger partial charge is 0.462 e. The molecule has 10 nitrogen and oxygen atoms in total. The summed E-state index contributed by atoms with van der Waals surface area (Å²) in [6, 6.07) is 2.89. The predicted molar refractivity (Wildman–Crippen MR) is 122 cm³/mol. The maximum Gasteiger partial charge on any atom is 0.339 e. The molecule has 0 fully saturated rings. The van der Waals surface area contributed by atoms with Gasteiger partial charge in [0.2, 0.25) is 0 Å². The lowest BCUT2D eigenvalue weighted by atomic mass is 10.1. The molecule has 0 aliphatic carbocycles. The van der Waals surface area contributed by atoms with Crippen molar-refractivity contribution in [3.63, 3.8) is 0 Å². The number of anilines is 2. The lowest BCUT2D eigenvalue weighted by Crippen LogP contribution is -2.42. The molecule has 0 aliphatic rings. The summed E-state index contributed by atoms with van der Waals surface area (Å²) in [5.74, 6) is -1.13. The van der Waals surface area contributed by atoms with Gasteiger partial charge in [-0.15, -0.1) is 0 Å². The first-order valence-electron chi connectivity index (χ1n) is 10.9. The van der Waals surface area contributed by atoms with Crippen molar-refractivity contribution in [1.29, 1.82) is 0 Å². The molecule has 0 atom stereocenters. The maximum absolute atomic E-state index is 13.4. The average molecular weight is 446 g/mol. The summed E-state index contributed by atoms with van der Waals surface area (Å²) in [5, 5.41) is 0. The van der Waals surface area contributed by atoms with Gasteiger partial charge in [-0.3, -0.25) is 24.0 Å². The fourth-order valence-electron chi connectivity index (χ4n) is 3.25. The highest BCUT2D eigenvalue weighted by atomic mass is 16.5. The highest BCUT2D eigenvalue weighted by Gasteiger charge is 2.26. The van der Waals surface area contributed by atoms with E-state index in [0.29, 0.717) is 25.1 Å². The second kappa shape index (κ2) is 11.3. The number of ether oxygens (including phenoxy) is 1. The molecule has 32 heavy (non-hydrogen) atoms. The zero-order chi connectivity index (χ0) is 23.8. The molecule has 0 unspecified atom stereocenters. The third kappa shape index (κ3) is 5.43. The zero-order valence-electron chi connectivity index (χ0n) is 19.1. The Morgan fingerprint density at radius 2 is 1.84 bits per heavy atom. The number of hydrogen-bond acceptors (Lipinski definition) is 7. The Hall–Kier alpha value is -3.43. The van der Waals surface area contributed by atoms with Crippen molar-refractivity contribution in [2.24, 2.45) is 0 Å². The number of H-pyrrole nitrogens is 1. The fraction of sp³-hybridized carbons (Fsp3) is 0.500. The summed E-state index contributed by atoms with van der Waals surface area (Å²) in [7, 11) is 0. The summed E-state index contributed by atoms with van der Waals surface area (Å²) < 4.78 is 6.27. The van der Waals surface area contributed by atoms with Crippen molar-refractivity contribution in [3.8, 4) is 0 Å². The number of amides is 1. The second-order valence-corrected chi connectivity index (χ2v) is 7.36. The highest BCUT2D eigenvalue weighted by Crippen LogP contribution is 2.21. The molecule has 174 valence electrons. The van der Waals surface area contributed by atoms with E-state index in [9.17, 15) is 19.2 Å². The number of pyridine rings is 1. The standard InChI is InChI=1S/C22H31N5O5/c1-5-8-12-26(17-18(23)27(13-9-6-2)22(31)25-19(17)28)20(29)16-11-10-15(14(4)24-16)21(30)32-7-3/h10-11H,5-9,12-13,23H2,1-4H3,(H,25,28,31). The maximum atomic E-state index is 13.4. The van der Waals surface area contributed by atoms with Crippen LogP contribution in [0.3, 0.4) is 0 Å². The van der Waals surface area contributed by atoms with Crippen molar-refractivity contribution in [3.05, 3.63) is 49.9 Å². The molecular formula is C22H31N5O5. The van der Waals surface area contributed by atoms with E-state index in [-0.39, 0.29) is 35.9 Å². The average Bonchev–Trinajstić information content (AvgIpc) is 2.75. The van der Waals surface area contributed by atoms with Gasteiger partial charge in [-0.25, -0.2) is 14.6 Å². The number of carbonyl (C=O) groups is 2. The van der Waals surface area contributed by atoms with E-state index in [2.05, 4.69) is 9.97 Å². The Morgan fingerprint density at radius 1 is 1.16 bits per heavy atom. The van der Waals surface area contributed by atoms with Gasteiger partial charge in [0.05, 0.1) is 17.9 Å². The molecule has 2 aromatic heterocycles. The van der Waals surface area contributed by atoms with Crippen molar-refractivity contribution < 1.29 is 14.3 Å². The molecule has 3 N–H and O–H groups in total. The molecule has 0 aromatic carbocycles. The van der Waals surface area contributed by atoms with Crippen LogP contribution in [0.4, 0.5) is 11.5 Å². The molecular weight excluding hydrogens is 414 g/mol. The smallest absolute Gasteiger partial charge is 0.339 e. The normalized spacial score (nSPS) is 10.8. The van der Waals surface area contributed by atoms with Crippen LogP contribution in [0.25, 0.3) is 0 Å². The molecule has 10 heteroatoms. The molecule has 0 aliphatic heterocycles. The van der Waals surface area contributed by atoms with Gasteiger partial charge in [-0.1, -0.05) is 26.7 Å². The van der Waals surface area contributed by atoms with Gasteiger partial charge < -0.3 is 10.5 Å². The van der Waals surface area contributed by atoms with Gasteiger partial charge in [0.1, 0.15) is 11.5 Å². The summed E-state index contributed by atoms with van der Waals surface area (Å²) in [4.78, 5) is 58.1. The summed E-state index contributed by atoms with van der Waals surface area (Å²) >= 11 is 0. The number of carbonyl (C=O) groups excluding carboxylic acids is 2. The number of esters is 1. The highest BCUT2D eigenvalue weighted by molar-refractivity contribution is 6.06. The van der Waals surface area contributed by atoms with Crippen LogP contribution in [0.15, 0.2) is 21.7 Å². The van der Waals surface area contributed by atoms with Gasteiger partial charge >= 0.3 is 11.7 Å². The van der Waals surface area contributed by atoms with Crippen molar-refractivity contribution in [2.45, 2.75) is 59.9 Å². The molecule has 0 spiro atoms. The van der Waals surface area contributed by atoms with Crippen LogP contribution in [0.1, 0.15) is 73.0 Å². The topological polar surface area (TPSA) is 140 Å². The van der Waals surface area contributed by atoms with E-state index in [1.54, 1.807) is 13.8 Å². The zero-order valence-corrected chi connectivity index (χ0v) is 19.1. The number of aromatic nitrogens is 3. The first kappa shape index (κ1) is 24.8. The first-order chi connectivity index (χ1) is 15.3. The number of nitrogens with zero attached hydrogens (tertiary/aromatic N) is 3. The van der Waals surface area contributed by atoms with Gasteiger partial charge in [0, 0.05) is 13.1 Å². The Labute approximate surface area is 186 Å². The molecule has 2 rings (SSSR count). The summed E-state index contributed by atoms with van der Waals surface area (Å²) in [6.45, 7) is 7.99. The van der Waals surface area contributed by atoms with E-state index >= 15 is 0 Å². The number of unbranched alkanes of at least 4 members (excludes halogenated alkanes) is 2. The molecule has 1 amide bonds. The number of nitrogens with two attached hydrogens (primary N) is 1. The third-order valence-corrected chi connectivity index (χ3v) is 5.00. The number of nitrogen functional groups attached to an aromatic ring is 1. The Balaban J connectivity index is 2.54. The number of aryl methyl sites for hydroxylation is 1. The molecule has 2 heterocycles. The molecule has 0 saturated heterocycles. The van der Waals surface area contributed by atoms with E-state index in [1.165, 1.54) is 21.6 Å². The molecule has 0 radical (unpaired) electrons. The number of hydrogen-bond donors (Lipinski definition) is 2. The SMILES string of the molecule is CCCCN(C(=O)c1ccc(C(=O)OCC)c(C)n1)c1c(N)n(CCCC)c(=O)[nH]c1=O. The minimum atomic E-state index is -0.732. The second-order valence-electron chi connectivity index (χ2n) is 7.36. The van der Waals surface area contributed by atoms with Crippen LogP contribution in [0.2, 0.25) is 0 Å². The minimum Gasteiger partial charge on any atom is -0.462 e. The summed E-state index contributed by atoms with van der Waals surface area (Å²) in [6.07, 6.45) is 2.90. The monoisotopic (exact) mass is 445 g/mol. The Morgan fingerprint density at radius 3 is 2.44 bits per heavy atom. The first-order valence-corrected chi connectivity index (χ1v) is 10.9. The van der Waals surface area contributed by atoms with Crippen molar-refractivity contribution in [1.82, 2.24) is 14.5 Å². The van der Waals surface area contributed by atoms with Gasteiger partial charge in [0.15, 0.2) is 5.69 Å². The Bertz CT molecular complexity index is 1090. The lowest BCUT2D eigenvalue weighted by molar-refractivity contribution is 0.0524. The van der Waals surface area contributed by atoms with Crippen molar-refractivity contribution in [2.75, 3.05) is 23.8 Å². The number of aromatic amines is 1.